The molecule has 0 fully saturated rings. The van der Waals surface area contributed by atoms with Crippen molar-refractivity contribution in [1.29, 1.82) is 0 Å². The van der Waals surface area contributed by atoms with Gasteiger partial charge in [-0.15, -0.1) is 0 Å². The van der Waals surface area contributed by atoms with Crippen LogP contribution in [0.15, 0.2) is 212 Å². The molecule has 9 aromatic rings. The van der Waals surface area contributed by atoms with Gasteiger partial charge in [0.15, 0.2) is 0 Å². The Labute approximate surface area is 360 Å². The monoisotopic (exact) mass is 781 g/mol. The minimum Gasteiger partial charge on any atom is -0.310 e. The summed E-state index contributed by atoms with van der Waals surface area (Å²) in [4.78, 5) is 2.47. The second-order valence-corrected chi connectivity index (χ2v) is 17.7. The zero-order chi connectivity index (χ0) is 41.3. The SMILES string of the molecule is CC1(C)c2ccccc2-c2ccc(-c3ccc(N(c4ccc(-c5ccccc5)c(-c5ccccc5)c4)c4ccccc4-c4cccc5c4-c4ccccc4C5(C)C)cc3)cc21. The van der Waals surface area contributed by atoms with Gasteiger partial charge in [0, 0.05) is 27.8 Å². The molecule has 0 saturated carbocycles. The van der Waals surface area contributed by atoms with E-state index >= 15 is 0 Å². The van der Waals surface area contributed by atoms with Gasteiger partial charge >= 0.3 is 0 Å². The third kappa shape index (κ3) is 5.91. The zero-order valence-electron chi connectivity index (χ0n) is 35.2. The molecule has 9 aromatic carbocycles. The van der Waals surface area contributed by atoms with E-state index in [-0.39, 0.29) is 10.8 Å². The first-order valence-electron chi connectivity index (χ1n) is 21.5. The summed E-state index contributed by atoms with van der Waals surface area (Å²) in [5.41, 5.74) is 23.7. The van der Waals surface area contributed by atoms with Crippen molar-refractivity contribution in [3.05, 3.63) is 235 Å². The number of anilines is 3. The Morgan fingerprint density at radius 2 is 0.770 bits per heavy atom. The third-order valence-corrected chi connectivity index (χ3v) is 13.5. The highest BCUT2D eigenvalue weighted by atomic mass is 15.1. The molecule has 0 N–H and O–H groups in total. The molecule has 11 rings (SSSR count). The van der Waals surface area contributed by atoms with E-state index in [4.69, 9.17) is 0 Å². The number of hydrogen-bond donors (Lipinski definition) is 0. The topological polar surface area (TPSA) is 3.24 Å². The summed E-state index contributed by atoms with van der Waals surface area (Å²) in [6.07, 6.45) is 0. The average Bonchev–Trinajstić information content (AvgIpc) is 3.69. The van der Waals surface area contributed by atoms with Crippen molar-refractivity contribution in [2.45, 2.75) is 38.5 Å². The summed E-state index contributed by atoms with van der Waals surface area (Å²) in [5.74, 6) is 0. The highest BCUT2D eigenvalue weighted by Crippen LogP contribution is 2.54. The molecular weight excluding hydrogens is 735 g/mol. The lowest BCUT2D eigenvalue weighted by molar-refractivity contribution is 0.660. The van der Waals surface area contributed by atoms with E-state index in [9.17, 15) is 0 Å². The van der Waals surface area contributed by atoms with Gasteiger partial charge in [-0.05, 0) is 120 Å². The fourth-order valence-corrected chi connectivity index (χ4v) is 10.4. The fourth-order valence-electron chi connectivity index (χ4n) is 10.4. The maximum absolute atomic E-state index is 2.47. The normalized spacial score (nSPS) is 13.8. The largest absolute Gasteiger partial charge is 0.310 e. The van der Waals surface area contributed by atoms with Crippen molar-refractivity contribution in [3.8, 4) is 66.8 Å². The number of fused-ring (bicyclic) bond motifs is 6. The second-order valence-electron chi connectivity index (χ2n) is 17.7. The van der Waals surface area contributed by atoms with Crippen LogP contribution in [0.1, 0.15) is 49.9 Å². The van der Waals surface area contributed by atoms with E-state index in [1.807, 2.05) is 0 Å². The summed E-state index contributed by atoms with van der Waals surface area (Å²) in [6, 6.07) is 78.5. The molecule has 0 atom stereocenters. The predicted molar refractivity (Wildman–Crippen MR) is 258 cm³/mol. The number of rotatable bonds is 7. The zero-order valence-corrected chi connectivity index (χ0v) is 35.2. The Kier molecular flexibility index (Phi) is 8.58. The van der Waals surface area contributed by atoms with E-state index < -0.39 is 0 Å². The molecule has 0 radical (unpaired) electrons. The van der Waals surface area contributed by atoms with Gasteiger partial charge in [0.25, 0.3) is 0 Å². The van der Waals surface area contributed by atoms with E-state index in [1.165, 1.54) is 89.0 Å². The lowest BCUT2D eigenvalue weighted by Gasteiger charge is -2.30. The van der Waals surface area contributed by atoms with E-state index in [2.05, 4.69) is 245 Å². The first-order valence-corrected chi connectivity index (χ1v) is 21.5. The highest BCUT2D eigenvalue weighted by molar-refractivity contribution is 5.99. The Hall–Kier alpha value is -7.22. The summed E-state index contributed by atoms with van der Waals surface area (Å²) in [6.45, 7) is 9.44. The molecule has 0 amide bonds. The summed E-state index contributed by atoms with van der Waals surface area (Å²) >= 11 is 0. The van der Waals surface area contributed by atoms with Gasteiger partial charge < -0.3 is 4.90 Å². The molecule has 2 aliphatic rings. The minimum absolute atomic E-state index is 0.0574. The van der Waals surface area contributed by atoms with Gasteiger partial charge in [0.1, 0.15) is 0 Å². The van der Waals surface area contributed by atoms with Gasteiger partial charge in [0.2, 0.25) is 0 Å². The molecule has 1 heteroatoms. The fraction of sp³-hybridized carbons (Fsp3) is 0.100. The quantitative estimate of drug-likeness (QED) is 0.156. The average molecular weight is 782 g/mol. The van der Waals surface area contributed by atoms with Crippen LogP contribution < -0.4 is 4.90 Å². The Balaban J connectivity index is 1.10. The van der Waals surface area contributed by atoms with Crippen molar-refractivity contribution in [2.75, 3.05) is 4.90 Å². The van der Waals surface area contributed by atoms with Crippen LogP contribution in [0.4, 0.5) is 17.1 Å². The molecule has 0 aliphatic heterocycles. The molecule has 61 heavy (non-hydrogen) atoms. The number of hydrogen-bond acceptors (Lipinski definition) is 1. The van der Waals surface area contributed by atoms with Crippen LogP contribution in [-0.2, 0) is 10.8 Å². The van der Waals surface area contributed by atoms with Crippen LogP contribution in [0.25, 0.3) is 66.8 Å². The molecular formula is C60H47N. The van der Waals surface area contributed by atoms with Crippen LogP contribution in [0.5, 0.6) is 0 Å². The molecule has 0 saturated heterocycles. The maximum Gasteiger partial charge on any atom is 0.0540 e. The highest BCUT2D eigenvalue weighted by Gasteiger charge is 2.38. The molecule has 0 bridgehead atoms. The predicted octanol–water partition coefficient (Wildman–Crippen LogP) is 16.4. The first kappa shape index (κ1) is 36.8. The van der Waals surface area contributed by atoms with E-state index in [1.54, 1.807) is 0 Å². The van der Waals surface area contributed by atoms with Crippen molar-refractivity contribution >= 4 is 17.1 Å². The minimum atomic E-state index is -0.0974. The van der Waals surface area contributed by atoms with E-state index in [0.29, 0.717) is 0 Å². The van der Waals surface area contributed by atoms with Crippen LogP contribution in [-0.4, -0.2) is 0 Å². The van der Waals surface area contributed by atoms with Crippen molar-refractivity contribution in [3.63, 3.8) is 0 Å². The standard InChI is InChI=1S/C60H47N/c1-59(2)54-27-15-12-24-51(54)58-50(25-17-28-55(58)59)49-23-13-16-29-57(49)61(45-35-37-46(41-18-7-5-8-19-41)52(39-45)42-20-9-6-10-21-42)44-33-30-40(31-34-44)43-32-36-48-47-22-11-14-26-53(47)60(3,4)56(48)38-43/h5-39H,1-4H3. The van der Waals surface area contributed by atoms with Gasteiger partial charge in [-0.3, -0.25) is 0 Å². The third-order valence-electron chi connectivity index (χ3n) is 13.5. The maximum atomic E-state index is 2.47. The van der Waals surface area contributed by atoms with Crippen molar-refractivity contribution in [1.82, 2.24) is 0 Å². The number of para-hydroxylation sites is 1. The second kappa shape index (κ2) is 14.2. The Bertz CT molecular complexity index is 3120. The molecule has 0 heterocycles. The van der Waals surface area contributed by atoms with Crippen molar-refractivity contribution < 1.29 is 0 Å². The van der Waals surface area contributed by atoms with Gasteiger partial charge in [0.05, 0.1) is 5.69 Å². The van der Waals surface area contributed by atoms with Gasteiger partial charge in [-0.1, -0.05) is 204 Å². The van der Waals surface area contributed by atoms with Crippen LogP contribution in [0.3, 0.4) is 0 Å². The number of benzene rings is 9. The smallest absolute Gasteiger partial charge is 0.0540 e. The van der Waals surface area contributed by atoms with Gasteiger partial charge in [-0.25, -0.2) is 0 Å². The van der Waals surface area contributed by atoms with Crippen LogP contribution in [0.2, 0.25) is 0 Å². The molecule has 0 spiro atoms. The lowest BCUT2D eigenvalue weighted by Crippen LogP contribution is -2.15. The lowest BCUT2D eigenvalue weighted by atomic mass is 9.81. The molecule has 1 nitrogen and oxygen atoms in total. The summed E-state index contributed by atoms with van der Waals surface area (Å²) < 4.78 is 0. The summed E-state index contributed by atoms with van der Waals surface area (Å²) in [5, 5.41) is 0. The summed E-state index contributed by atoms with van der Waals surface area (Å²) in [7, 11) is 0. The van der Waals surface area contributed by atoms with E-state index in [0.717, 1.165) is 17.1 Å². The Morgan fingerprint density at radius 1 is 0.279 bits per heavy atom. The molecule has 292 valence electrons. The number of nitrogens with zero attached hydrogens (tertiary/aromatic N) is 1. The van der Waals surface area contributed by atoms with Crippen molar-refractivity contribution in [2.24, 2.45) is 0 Å². The molecule has 0 aromatic heterocycles. The first-order chi connectivity index (χ1) is 29.8. The van der Waals surface area contributed by atoms with Crippen LogP contribution >= 0.6 is 0 Å². The van der Waals surface area contributed by atoms with Gasteiger partial charge in [-0.2, -0.15) is 0 Å². The molecule has 2 aliphatic carbocycles. The Morgan fingerprint density at radius 3 is 1.49 bits per heavy atom. The van der Waals surface area contributed by atoms with Crippen LogP contribution in [0, 0.1) is 0 Å². The molecule has 0 unspecified atom stereocenters.